The molecule has 1 amide bonds. The van der Waals surface area contributed by atoms with Crippen LogP contribution in [0.25, 0.3) is 0 Å². The molecule has 1 aromatic heterocycles. The van der Waals surface area contributed by atoms with E-state index in [1.165, 1.54) is 5.56 Å². The van der Waals surface area contributed by atoms with Gasteiger partial charge in [-0.25, -0.2) is 9.78 Å². The smallest absolute Gasteiger partial charge is 0.407 e. The summed E-state index contributed by atoms with van der Waals surface area (Å²) >= 11 is 0. The van der Waals surface area contributed by atoms with Crippen LogP contribution >= 0.6 is 0 Å². The molecule has 4 rings (SSSR count). The van der Waals surface area contributed by atoms with Gasteiger partial charge in [-0.1, -0.05) is 38.1 Å². The second-order valence-electron chi connectivity index (χ2n) is 10.9. The van der Waals surface area contributed by atoms with Crippen molar-refractivity contribution in [2.45, 2.75) is 70.6 Å². The molecule has 0 saturated heterocycles. The Balaban J connectivity index is 1.30. The number of alkyl carbamates (subject to hydrolysis) is 1. The standard InChI is InChI=1S/C30H33N3O4/c1-29(2,3)33-28(34)37-27-16-26(17-27)36-24-13-8-21(9-14-24)30(4,5)20-6-11-23(12-7-20)35-25-15-10-22(18-31)32-19-25/h6-15,19,26-27H,16-17H2,1-5H3,(H,33,34). The molecule has 2 aromatic carbocycles. The molecule has 0 atom stereocenters. The third kappa shape index (κ3) is 6.79. The molecule has 1 aliphatic carbocycles. The first-order valence-electron chi connectivity index (χ1n) is 12.4. The molecule has 0 bridgehead atoms. The number of rotatable bonds is 7. The Morgan fingerprint density at radius 3 is 1.95 bits per heavy atom. The minimum absolute atomic E-state index is 0.0464. The Bertz CT molecular complexity index is 1250. The minimum atomic E-state index is -0.381. The highest BCUT2D eigenvalue weighted by molar-refractivity contribution is 5.68. The molecule has 1 heterocycles. The Morgan fingerprint density at radius 2 is 1.43 bits per heavy atom. The number of nitriles is 1. The van der Waals surface area contributed by atoms with Crippen molar-refractivity contribution in [1.82, 2.24) is 10.3 Å². The zero-order valence-electron chi connectivity index (χ0n) is 21.9. The highest BCUT2D eigenvalue weighted by atomic mass is 16.6. The lowest BCUT2D eigenvalue weighted by atomic mass is 9.78. The Labute approximate surface area is 218 Å². The number of pyridine rings is 1. The van der Waals surface area contributed by atoms with E-state index in [-0.39, 0.29) is 29.3 Å². The predicted molar refractivity (Wildman–Crippen MR) is 141 cm³/mol. The van der Waals surface area contributed by atoms with Crippen molar-refractivity contribution in [2.24, 2.45) is 0 Å². The number of carbonyl (C=O) groups excluding carboxylic acids is 1. The van der Waals surface area contributed by atoms with E-state index in [0.717, 1.165) is 11.3 Å². The number of amides is 1. The number of ether oxygens (including phenoxy) is 3. The van der Waals surface area contributed by atoms with Gasteiger partial charge >= 0.3 is 6.09 Å². The van der Waals surface area contributed by atoms with Crippen molar-refractivity contribution in [3.8, 4) is 23.3 Å². The van der Waals surface area contributed by atoms with Gasteiger partial charge < -0.3 is 19.5 Å². The molecule has 1 aliphatic rings. The van der Waals surface area contributed by atoms with Gasteiger partial charge in [0.2, 0.25) is 0 Å². The lowest BCUT2D eigenvalue weighted by Gasteiger charge is -2.35. The summed E-state index contributed by atoms with van der Waals surface area (Å²) < 4.78 is 17.4. The number of nitrogens with one attached hydrogen (secondary N) is 1. The summed E-state index contributed by atoms with van der Waals surface area (Å²) in [5.74, 6) is 2.09. The molecule has 0 spiro atoms. The molecule has 7 heteroatoms. The SMILES string of the molecule is CC(C)(C)NC(=O)OC1CC(Oc2ccc(C(C)(C)c3ccc(Oc4ccc(C#N)nc4)cc3)cc2)C1. The van der Waals surface area contributed by atoms with Crippen LogP contribution in [-0.4, -0.2) is 28.8 Å². The Hall–Kier alpha value is -4.05. The predicted octanol–water partition coefficient (Wildman–Crippen LogP) is 6.51. The van der Waals surface area contributed by atoms with E-state index in [4.69, 9.17) is 19.5 Å². The van der Waals surface area contributed by atoms with Gasteiger partial charge in [0.1, 0.15) is 41.2 Å². The minimum Gasteiger partial charge on any atom is -0.490 e. The largest absolute Gasteiger partial charge is 0.490 e. The molecule has 0 radical (unpaired) electrons. The number of benzene rings is 2. The van der Waals surface area contributed by atoms with Crippen LogP contribution in [0.2, 0.25) is 0 Å². The number of hydrogen-bond acceptors (Lipinski definition) is 6. The van der Waals surface area contributed by atoms with E-state index in [9.17, 15) is 4.79 Å². The molecule has 3 aromatic rings. The molecular weight excluding hydrogens is 466 g/mol. The van der Waals surface area contributed by atoms with E-state index in [1.807, 2.05) is 51.1 Å². The maximum Gasteiger partial charge on any atom is 0.407 e. The molecule has 1 saturated carbocycles. The lowest BCUT2D eigenvalue weighted by Crippen LogP contribution is -2.46. The molecule has 192 valence electrons. The monoisotopic (exact) mass is 499 g/mol. The summed E-state index contributed by atoms with van der Waals surface area (Å²) in [4.78, 5) is 15.9. The topological polar surface area (TPSA) is 93.5 Å². The number of aromatic nitrogens is 1. The van der Waals surface area contributed by atoms with Crippen molar-refractivity contribution < 1.29 is 19.0 Å². The van der Waals surface area contributed by atoms with E-state index < -0.39 is 0 Å². The van der Waals surface area contributed by atoms with Crippen LogP contribution in [0.5, 0.6) is 17.2 Å². The zero-order valence-corrected chi connectivity index (χ0v) is 21.9. The third-order valence-electron chi connectivity index (χ3n) is 6.34. The van der Waals surface area contributed by atoms with Gasteiger partial charge in [-0.3, -0.25) is 0 Å². The first kappa shape index (κ1) is 26.0. The van der Waals surface area contributed by atoms with Crippen LogP contribution in [0.3, 0.4) is 0 Å². The van der Waals surface area contributed by atoms with Crippen LogP contribution in [-0.2, 0) is 10.2 Å². The fraction of sp³-hybridized carbons (Fsp3) is 0.367. The van der Waals surface area contributed by atoms with Crippen molar-refractivity contribution in [3.05, 3.63) is 83.7 Å². The summed E-state index contributed by atoms with van der Waals surface area (Å²) in [7, 11) is 0. The number of nitrogens with zero attached hydrogens (tertiary/aromatic N) is 2. The number of hydrogen-bond donors (Lipinski definition) is 1. The summed E-state index contributed by atoms with van der Waals surface area (Å²) in [6.07, 6.45) is 2.49. The Kier molecular flexibility index (Phi) is 7.40. The molecule has 1 N–H and O–H groups in total. The molecule has 37 heavy (non-hydrogen) atoms. The summed E-state index contributed by atoms with van der Waals surface area (Å²) in [5, 5.41) is 11.7. The van der Waals surface area contributed by atoms with Crippen LogP contribution in [0.1, 0.15) is 64.3 Å². The average molecular weight is 500 g/mol. The maximum atomic E-state index is 11.9. The second kappa shape index (κ2) is 10.5. The summed E-state index contributed by atoms with van der Waals surface area (Å²) in [5.41, 5.74) is 2.14. The van der Waals surface area contributed by atoms with Gasteiger partial charge in [0.15, 0.2) is 0 Å². The molecule has 0 aliphatic heterocycles. The van der Waals surface area contributed by atoms with Gasteiger partial charge in [-0.15, -0.1) is 0 Å². The Morgan fingerprint density at radius 1 is 0.865 bits per heavy atom. The van der Waals surface area contributed by atoms with Gasteiger partial charge in [0.25, 0.3) is 0 Å². The van der Waals surface area contributed by atoms with Crippen LogP contribution in [0, 0.1) is 11.3 Å². The van der Waals surface area contributed by atoms with E-state index in [2.05, 4.69) is 48.4 Å². The fourth-order valence-electron chi connectivity index (χ4n) is 4.09. The van der Waals surface area contributed by atoms with E-state index in [1.54, 1.807) is 18.3 Å². The molecule has 1 fully saturated rings. The third-order valence-corrected chi connectivity index (χ3v) is 6.34. The van der Waals surface area contributed by atoms with Crippen molar-refractivity contribution in [2.75, 3.05) is 0 Å². The molecular formula is C30H33N3O4. The molecule has 0 unspecified atom stereocenters. The summed E-state index contributed by atoms with van der Waals surface area (Å²) in [6, 6.07) is 21.5. The molecule has 7 nitrogen and oxygen atoms in total. The van der Waals surface area contributed by atoms with Crippen LogP contribution < -0.4 is 14.8 Å². The zero-order chi connectivity index (χ0) is 26.6. The second-order valence-corrected chi connectivity index (χ2v) is 10.9. The quantitative estimate of drug-likeness (QED) is 0.398. The highest BCUT2D eigenvalue weighted by Crippen LogP contribution is 2.35. The highest BCUT2D eigenvalue weighted by Gasteiger charge is 2.34. The van der Waals surface area contributed by atoms with E-state index in [0.29, 0.717) is 30.0 Å². The van der Waals surface area contributed by atoms with E-state index >= 15 is 0 Å². The normalized spacial score (nSPS) is 17.2. The van der Waals surface area contributed by atoms with Crippen molar-refractivity contribution in [3.63, 3.8) is 0 Å². The average Bonchev–Trinajstić information content (AvgIpc) is 2.83. The summed E-state index contributed by atoms with van der Waals surface area (Å²) in [6.45, 7) is 10.1. The van der Waals surface area contributed by atoms with Crippen molar-refractivity contribution >= 4 is 6.09 Å². The van der Waals surface area contributed by atoms with Gasteiger partial charge in [-0.2, -0.15) is 5.26 Å². The van der Waals surface area contributed by atoms with Gasteiger partial charge in [-0.05, 0) is 68.3 Å². The first-order chi connectivity index (χ1) is 17.5. The van der Waals surface area contributed by atoms with Crippen molar-refractivity contribution in [1.29, 1.82) is 5.26 Å². The van der Waals surface area contributed by atoms with Gasteiger partial charge in [0.05, 0.1) is 6.20 Å². The van der Waals surface area contributed by atoms with Crippen LogP contribution in [0.4, 0.5) is 4.79 Å². The lowest BCUT2D eigenvalue weighted by molar-refractivity contribution is -0.0243. The maximum absolute atomic E-state index is 11.9. The van der Waals surface area contributed by atoms with Crippen LogP contribution in [0.15, 0.2) is 66.9 Å². The fourth-order valence-corrected chi connectivity index (χ4v) is 4.09. The number of carbonyl (C=O) groups is 1. The first-order valence-corrected chi connectivity index (χ1v) is 12.4. The van der Waals surface area contributed by atoms with Gasteiger partial charge in [0, 0.05) is 23.8 Å².